The van der Waals surface area contributed by atoms with E-state index >= 15 is 0 Å². The number of hydrazone groups is 1. The summed E-state index contributed by atoms with van der Waals surface area (Å²) in [6, 6.07) is 12.7. The lowest BCUT2D eigenvalue weighted by atomic mass is 10.2. The number of thioether (sulfide) groups is 1. The first-order chi connectivity index (χ1) is 11.5. The fraction of sp³-hybridized carbons (Fsp3) is 0.118. The monoisotopic (exact) mass is 361 g/mol. The summed E-state index contributed by atoms with van der Waals surface area (Å²) in [7, 11) is 0. The number of hydrogen-bond acceptors (Lipinski definition) is 4. The van der Waals surface area contributed by atoms with Crippen LogP contribution in [0.2, 0.25) is 5.02 Å². The molecule has 0 saturated carbocycles. The van der Waals surface area contributed by atoms with Crippen LogP contribution < -0.4 is 10.7 Å². The van der Waals surface area contributed by atoms with Crippen LogP contribution in [0.1, 0.15) is 11.1 Å². The minimum Gasteiger partial charge on any atom is -0.317 e. The van der Waals surface area contributed by atoms with Gasteiger partial charge in [-0.05, 0) is 48.6 Å². The van der Waals surface area contributed by atoms with Crippen molar-refractivity contribution in [1.29, 1.82) is 0 Å². The zero-order valence-corrected chi connectivity index (χ0v) is 14.7. The number of anilines is 1. The van der Waals surface area contributed by atoms with Crippen LogP contribution in [0.5, 0.6) is 0 Å². The lowest BCUT2D eigenvalue weighted by Gasteiger charge is -2.08. The predicted octanol–water partition coefficient (Wildman–Crippen LogP) is 3.46. The summed E-state index contributed by atoms with van der Waals surface area (Å²) in [5.74, 6) is -1.67. The molecule has 2 rings (SSSR count). The molecule has 0 aliphatic heterocycles. The Labute approximate surface area is 149 Å². The summed E-state index contributed by atoms with van der Waals surface area (Å²) < 4.78 is 0. The van der Waals surface area contributed by atoms with Crippen molar-refractivity contribution in [3.8, 4) is 0 Å². The average molecular weight is 362 g/mol. The van der Waals surface area contributed by atoms with Crippen LogP contribution in [0.15, 0.2) is 52.5 Å². The molecule has 2 aromatic carbocycles. The zero-order valence-electron chi connectivity index (χ0n) is 13.2. The molecule has 0 fully saturated rings. The van der Waals surface area contributed by atoms with Gasteiger partial charge in [0.25, 0.3) is 0 Å². The number of rotatable bonds is 4. The number of carbonyl (C=O) groups is 2. The van der Waals surface area contributed by atoms with Crippen LogP contribution in [0, 0.1) is 6.92 Å². The molecule has 0 atom stereocenters. The van der Waals surface area contributed by atoms with Crippen LogP contribution in [0.3, 0.4) is 0 Å². The van der Waals surface area contributed by atoms with Crippen molar-refractivity contribution in [3.05, 3.63) is 58.6 Å². The molecule has 2 aromatic rings. The average Bonchev–Trinajstić information content (AvgIpc) is 2.59. The maximum atomic E-state index is 11.9. The molecule has 24 heavy (non-hydrogen) atoms. The Balaban J connectivity index is 1.92. The van der Waals surface area contributed by atoms with Gasteiger partial charge in [0.1, 0.15) is 0 Å². The molecule has 2 amide bonds. The molecule has 5 nitrogen and oxygen atoms in total. The summed E-state index contributed by atoms with van der Waals surface area (Å²) >= 11 is 7.61. The summed E-state index contributed by atoms with van der Waals surface area (Å²) in [5.41, 5.74) is 4.19. The number of benzene rings is 2. The van der Waals surface area contributed by atoms with E-state index < -0.39 is 11.8 Å². The summed E-state index contributed by atoms with van der Waals surface area (Å²) in [4.78, 5) is 24.8. The van der Waals surface area contributed by atoms with Gasteiger partial charge >= 0.3 is 11.8 Å². The smallest absolute Gasteiger partial charge is 0.317 e. The first-order valence-electron chi connectivity index (χ1n) is 7.05. The Morgan fingerprint density at radius 2 is 1.83 bits per heavy atom. The Morgan fingerprint density at radius 1 is 1.12 bits per heavy atom. The Morgan fingerprint density at radius 3 is 2.50 bits per heavy atom. The molecular weight excluding hydrogens is 346 g/mol. The van der Waals surface area contributed by atoms with Crippen molar-refractivity contribution in [1.82, 2.24) is 5.43 Å². The van der Waals surface area contributed by atoms with Crippen molar-refractivity contribution in [2.24, 2.45) is 5.10 Å². The summed E-state index contributed by atoms with van der Waals surface area (Å²) in [6.07, 6.45) is 3.46. The Hall–Kier alpha value is -2.31. The van der Waals surface area contributed by atoms with E-state index in [2.05, 4.69) is 15.8 Å². The van der Waals surface area contributed by atoms with E-state index in [0.29, 0.717) is 16.3 Å². The van der Waals surface area contributed by atoms with Gasteiger partial charge in [0.05, 0.1) is 6.21 Å². The maximum Gasteiger partial charge on any atom is 0.329 e. The second kappa shape index (κ2) is 8.52. The minimum absolute atomic E-state index is 0.485. The van der Waals surface area contributed by atoms with Crippen molar-refractivity contribution in [2.75, 3.05) is 11.6 Å². The van der Waals surface area contributed by atoms with Crippen LogP contribution in [-0.4, -0.2) is 24.3 Å². The van der Waals surface area contributed by atoms with Gasteiger partial charge in [-0.2, -0.15) is 5.10 Å². The highest BCUT2D eigenvalue weighted by molar-refractivity contribution is 7.98. The topological polar surface area (TPSA) is 70.6 Å². The highest BCUT2D eigenvalue weighted by Crippen LogP contribution is 2.22. The Bertz CT molecular complexity index is 776. The van der Waals surface area contributed by atoms with Gasteiger partial charge in [-0.15, -0.1) is 11.8 Å². The predicted molar refractivity (Wildman–Crippen MR) is 98.8 cm³/mol. The number of hydrogen-bond donors (Lipinski definition) is 2. The molecule has 2 N–H and O–H groups in total. The van der Waals surface area contributed by atoms with E-state index in [1.807, 2.05) is 30.5 Å². The molecule has 0 bridgehead atoms. The summed E-state index contributed by atoms with van der Waals surface area (Å²) in [6.45, 7) is 1.76. The van der Waals surface area contributed by atoms with E-state index in [1.165, 1.54) is 6.21 Å². The number of halogens is 1. The van der Waals surface area contributed by atoms with Crippen LogP contribution in [0.25, 0.3) is 0 Å². The number of nitrogens with zero attached hydrogens (tertiary/aromatic N) is 1. The molecule has 124 valence electrons. The third kappa shape index (κ3) is 4.84. The minimum atomic E-state index is -0.855. The molecule has 7 heteroatoms. The second-order valence-electron chi connectivity index (χ2n) is 4.84. The van der Waals surface area contributed by atoms with E-state index in [1.54, 1.807) is 36.9 Å². The Kier molecular flexibility index (Phi) is 6.40. The van der Waals surface area contributed by atoms with Gasteiger partial charge in [-0.1, -0.05) is 29.8 Å². The molecular formula is C17H16ClN3O2S. The molecule has 0 aliphatic rings. The molecule has 0 aliphatic carbocycles. The fourth-order valence-corrected chi connectivity index (χ4v) is 2.41. The normalized spacial score (nSPS) is 10.6. The zero-order chi connectivity index (χ0) is 17.5. The first-order valence-corrected chi connectivity index (χ1v) is 8.65. The molecule has 0 heterocycles. The largest absolute Gasteiger partial charge is 0.329 e. The molecule has 0 aromatic heterocycles. The molecule has 0 spiro atoms. The fourth-order valence-electron chi connectivity index (χ4n) is 1.83. The maximum absolute atomic E-state index is 11.9. The van der Waals surface area contributed by atoms with Crippen LogP contribution in [0.4, 0.5) is 5.69 Å². The molecule has 0 radical (unpaired) electrons. The van der Waals surface area contributed by atoms with Crippen LogP contribution >= 0.6 is 23.4 Å². The number of nitrogens with one attached hydrogen (secondary N) is 2. The third-order valence-corrected chi connectivity index (χ3v) is 4.37. The van der Waals surface area contributed by atoms with Gasteiger partial charge in [-0.25, -0.2) is 5.43 Å². The van der Waals surface area contributed by atoms with Crippen molar-refractivity contribution >= 4 is 47.1 Å². The third-order valence-electron chi connectivity index (χ3n) is 3.22. The first kappa shape index (κ1) is 18.0. The van der Waals surface area contributed by atoms with Crippen molar-refractivity contribution in [3.63, 3.8) is 0 Å². The molecule has 0 saturated heterocycles. The summed E-state index contributed by atoms with van der Waals surface area (Å²) in [5, 5.41) is 6.80. The van der Waals surface area contributed by atoms with Crippen LogP contribution in [-0.2, 0) is 9.59 Å². The lowest BCUT2D eigenvalue weighted by molar-refractivity contribution is -0.136. The SMILES string of the molecule is CSc1ccc(/C=N/NC(=O)C(=O)Nc2cccc(Cl)c2C)cc1. The van der Waals surface area contributed by atoms with Gasteiger partial charge in [0, 0.05) is 15.6 Å². The van der Waals surface area contributed by atoms with Crippen molar-refractivity contribution in [2.45, 2.75) is 11.8 Å². The van der Waals surface area contributed by atoms with E-state index in [-0.39, 0.29) is 0 Å². The highest BCUT2D eigenvalue weighted by atomic mass is 35.5. The number of carbonyl (C=O) groups excluding carboxylic acids is 2. The van der Waals surface area contributed by atoms with Gasteiger partial charge in [0.15, 0.2) is 0 Å². The number of amides is 2. The van der Waals surface area contributed by atoms with Crippen molar-refractivity contribution < 1.29 is 9.59 Å². The van der Waals surface area contributed by atoms with Gasteiger partial charge in [0.2, 0.25) is 0 Å². The standard InChI is InChI=1S/C17H16ClN3O2S/c1-11-14(18)4-3-5-15(11)20-16(22)17(23)21-19-10-12-6-8-13(24-2)9-7-12/h3-10H,1-2H3,(H,20,22)(H,21,23)/b19-10+. The molecule has 0 unspecified atom stereocenters. The lowest BCUT2D eigenvalue weighted by Crippen LogP contribution is -2.32. The van der Waals surface area contributed by atoms with Gasteiger partial charge in [-0.3, -0.25) is 9.59 Å². The van der Waals surface area contributed by atoms with E-state index in [4.69, 9.17) is 11.6 Å². The van der Waals surface area contributed by atoms with Gasteiger partial charge < -0.3 is 5.32 Å². The van der Waals surface area contributed by atoms with E-state index in [9.17, 15) is 9.59 Å². The quantitative estimate of drug-likeness (QED) is 0.379. The second-order valence-corrected chi connectivity index (χ2v) is 6.13. The highest BCUT2D eigenvalue weighted by Gasteiger charge is 2.14. The van der Waals surface area contributed by atoms with E-state index in [0.717, 1.165) is 10.5 Å².